The quantitative estimate of drug-likeness (QED) is 0.885. The van der Waals surface area contributed by atoms with Crippen LogP contribution in [0.2, 0.25) is 5.02 Å². The molecule has 7 heteroatoms. The van der Waals surface area contributed by atoms with Gasteiger partial charge in [0.25, 0.3) is 0 Å². The number of anilines is 1. The Labute approximate surface area is 151 Å². The number of benzene rings is 1. The summed E-state index contributed by atoms with van der Waals surface area (Å²) in [6, 6.07) is 5.44. The van der Waals surface area contributed by atoms with Crippen LogP contribution in [0.3, 0.4) is 0 Å². The van der Waals surface area contributed by atoms with Gasteiger partial charge in [0, 0.05) is 36.6 Å². The largest absolute Gasteiger partial charge is 0.339 e. The van der Waals surface area contributed by atoms with E-state index in [0.717, 1.165) is 36.3 Å². The molecule has 0 spiro atoms. The molecule has 0 saturated heterocycles. The molecule has 2 aromatic rings. The second-order valence-electron chi connectivity index (χ2n) is 6.21. The molecule has 1 aromatic heterocycles. The number of aromatic nitrogens is 2. The van der Waals surface area contributed by atoms with Gasteiger partial charge >= 0.3 is 0 Å². The first-order valence-corrected chi connectivity index (χ1v) is 8.66. The van der Waals surface area contributed by atoms with Crippen molar-refractivity contribution in [1.29, 1.82) is 0 Å². The van der Waals surface area contributed by atoms with E-state index < -0.39 is 0 Å². The molecule has 0 fully saturated rings. The van der Waals surface area contributed by atoms with Crippen LogP contribution in [0.25, 0.3) is 5.57 Å². The molecule has 0 radical (unpaired) electrons. The van der Waals surface area contributed by atoms with Crippen molar-refractivity contribution >= 4 is 28.8 Å². The second-order valence-corrected chi connectivity index (χ2v) is 6.62. The van der Waals surface area contributed by atoms with Crippen LogP contribution in [0.1, 0.15) is 30.1 Å². The summed E-state index contributed by atoms with van der Waals surface area (Å²) in [5.74, 6) is 1.01. The number of halogens is 1. The van der Waals surface area contributed by atoms with Crippen molar-refractivity contribution in [3.63, 3.8) is 0 Å². The molecule has 3 rings (SSSR count). The van der Waals surface area contributed by atoms with Crippen LogP contribution in [-0.4, -0.2) is 41.1 Å². The lowest BCUT2D eigenvalue weighted by atomic mass is 10.1. The predicted molar refractivity (Wildman–Crippen MR) is 97.5 cm³/mol. The van der Waals surface area contributed by atoms with Crippen LogP contribution < -0.4 is 5.32 Å². The van der Waals surface area contributed by atoms with Crippen LogP contribution in [-0.2, 0) is 11.2 Å². The number of nitrogens with zero attached hydrogens (tertiary/aromatic N) is 3. The van der Waals surface area contributed by atoms with Gasteiger partial charge in [-0.3, -0.25) is 4.79 Å². The van der Waals surface area contributed by atoms with E-state index in [9.17, 15) is 4.79 Å². The molecule has 0 saturated carbocycles. The van der Waals surface area contributed by atoms with E-state index in [0.29, 0.717) is 23.2 Å². The Balaban J connectivity index is 1.55. The molecule has 1 amide bonds. The Hall–Kier alpha value is -2.18. The Morgan fingerprint density at radius 3 is 3.04 bits per heavy atom. The zero-order valence-corrected chi connectivity index (χ0v) is 15.1. The number of hydrogen-bond donors (Lipinski definition) is 1. The maximum absolute atomic E-state index is 12.1. The SMILES string of the molecule is Cc1c(Cl)cccc1NC(=O)CCc1nc(C2=CCN(C)CC2)no1. The molecule has 2 heterocycles. The third kappa shape index (κ3) is 4.46. The van der Waals surface area contributed by atoms with Gasteiger partial charge in [0.05, 0.1) is 0 Å². The minimum absolute atomic E-state index is 0.108. The van der Waals surface area contributed by atoms with Gasteiger partial charge in [-0.25, -0.2) is 0 Å². The molecule has 0 bridgehead atoms. The molecular formula is C18H21ClN4O2. The van der Waals surface area contributed by atoms with E-state index in [2.05, 4.69) is 33.5 Å². The summed E-state index contributed by atoms with van der Waals surface area (Å²) in [5, 5.41) is 7.53. The summed E-state index contributed by atoms with van der Waals surface area (Å²) >= 11 is 6.06. The van der Waals surface area contributed by atoms with Crippen LogP contribution in [0.5, 0.6) is 0 Å². The maximum Gasteiger partial charge on any atom is 0.227 e. The van der Waals surface area contributed by atoms with Crippen molar-refractivity contribution in [3.8, 4) is 0 Å². The van der Waals surface area contributed by atoms with Crippen molar-refractivity contribution in [1.82, 2.24) is 15.0 Å². The van der Waals surface area contributed by atoms with Crippen LogP contribution in [0.4, 0.5) is 5.69 Å². The Morgan fingerprint density at radius 1 is 1.44 bits per heavy atom. The highest BCUT2D eigenvalue weighted by Gasteiger charge is 2.16. The summed E-state index contributed by atoms with van der Waals surface area (Å²) in [4.78, 5) is 18.8. The Kier molecular flexibility index (Phi) is 5.50. The fourth-order valence-corrected chi connectivity index (χ4v) is 2.81. The first kappa shape index (κ1) is 17.6. The minimum atomic E-state index is -0.108. The van der Waals surface area contributed by atoms with Gasteiger partial charge in [0.1, 0.15) is 0 Å². The van der Waals surface area contributed by atoms with Crippen molar-refractivity contribution < 1.29 is 9.32 Å². The van der Waals surface area contributed by atoms with E-state index in [4.69, 9.17) is 16.1 Å². The van der Waals surface area contributed by atoms with Crippen molar-refractivity contribution in [2.45, 2.75) is 26.2 Å². The van der Waals surface area contributed by atoms with Crippen molar-refractivity contribution in [2.75, 3.05) is 25.5 Å². The van der Waals surface area contributed by atoms with Gasteiger partial charge in [-0.1, -0.05) is 28.9 Å². The van der Waals surface area contributed by atoms with Crippen molar-refractivity contribution in [3.05, 3.63) is 46.6 Å². The summed E-state index contributed by atoms with van der Waals surface area (Å²) in [7, 11) is 2.08. The summed E-state index contributed by atoms with van der Waals surface area (Å²) in [5.41, 5.74) is 2.68. The molecule has 1 aliphatic rings. The number of carbonyl (C=O) groups is 1. The fraction of sp³-hybridized carbons (Fsp3) is 0.389. The standard InChI is InChI=1S/C18H21ClN4O2/c1-12-14(19)4-3-5-15(12)20-16(24)6-7-17-21-18(22-25-17)13-8-10-23(2)11-9-13/h3-5,8H,6-7,9-11H2,1-2H3,(H,20,24). The Bertz CT molecular complexity index is 800. The van der Waals surface area contributed by atoms with Crippen LogP contribution >= 0.6 is 11.6 Å². The fourth-order valence-electron chi connectivity index (χ4n) is 2.64. The van der Waals surface area contributed by atoms with Gasteiger partial charge in [0.15, 0.2) is 5.82 Å². The molecular weight excluding hydrogens is 340 g/mol. The predicted octanol–water partition coefficient (Wildman–Crippen LogP) is 3.32. The topological polar surface area (TPSA) is 71.3 Å². The smallest absolute Gasteiger partial charge is 0.227 e. The number of hydrogen-bond acceptors (Lipinski definition) is 5. The monoisotopic (exact) mass is 360 g/mol. The lowest BCUT2D eigenvalue weighted by molar-refractivity contribution is -0.116. The van der Waals surface area contributed by atoms with E-state index >= 15 is 0 Å². The van der Waals surface area contributed by atoms with E-state index in [1.165, 1.54) is 0 Å². The van der Waals surface area contributed by atoms with Crippen LogP contribution in [0.15, 0.2) is 28.8 Å². The number of carbonyl (C=O) groups excluding carboxylic acids is 1. The highest BCUT2D eigenvalue weighted by atomic mass is 35.5. The number of amides is 1. The van der Waals surface area contributed by atoms with Gasteiger partial charge in [0.2, 0.25) is 11.8 Å². The molecule has 25 heavy (non-hydrogen) atoms. The molecule has 0 aliphatic carbocycles. The molecule has 1 aliphatic heterocycles. The highest BCUT2D eigenvalue weighted by Crippen LogP contribution is 2.23. The van der Waals surface area contributed by atoms with E-state index in [-0.39, 0.29) is 12.3 Å². The van der Waals surface area contributed by atoms with E-state index in [1.807, 2.05) is 19.1 Å². The van der Waals surface area contributed by atoms with Crippen LogP contribution in [0, 0.1) is 6.92 Å². The van der Waals surface area contributed by atoms with Gasteiger partial charge in [-0.2, -0.15) is 4.98 Å². The average Bonchev–Trinajstić information content (AvgIpc) is 3.07. The molecule has 6 nitrogen and oxygen atoms in total. The van der Waals surface area contributed by atoms with E-state index in [1.54, 1.807) is 6.07 Å². The minimum Gasteiger partial charge on any atom is -0.339 e. The lowest BCUT2D eigenvalue weighted by Crippen LogP contribution is -2.23. The number of rotatable bonds is 5. The van der Waals surface area contributed by atoms with Gasteiger partial charge in [-0.15, -0.1) is 0 Å². The first-order valence-electron chi connectivity index (χ1n) is 8.28. The molecule has 1 aromatic carbocycles. The van der Waals surface area contributed by atoms with Gasteiger partial charge in [-0.05, 0) is 43.7 Å². The number of likely N-dealkylation sites (N-methyl/N-ethyl adjacent to an activating group) is 1. The lowest BCUT2D eigenvalue weighted by Gasteiger charge is -2.19. The van der Waals surface area contributed by atoms with Gasteiger partial charge < -0.3 is 14.7 Å². The summed E-state index contributed by atoms with van der Waals surface area (Å²) in [6.07, 6.45) is 3.71. The normalized spacial score (nSPS) is 15.1. The third-order valence-corrected chi connectivity index (χ3v) is 4.68. The molecule has 1 N–H and O–H groups in total. The third-order valence-electron chi connectivity index (χ3n) is 4.28. The molecule has 0 atom stereocenters. The average molecular weight is 361 g/mol. The molecule has 0 unspecified atom stereocenters. The zero-order valence-electron chi connectivity index (χ0n) is 14.4. The zero-order chi connectivity index (χ0) is 17.8. The second kappa shape index (κ2) is 7.80. The molecule has 132 valence electrons. The summed E-state index contributed by atoms with van der Waals surface area (Å²) < 4.78 is 5.27. The maximum atomic E-state index is 12.1. The summed E-state index contributed by atoms with van der Waals surface area (Å²) in [6.45, 7) is 3.75. The van der Waals surface area contributed by atoms with Crippen molar-refractivity contribution in [2.24, 2.45) is 0 Å². The first-order chi connectivity index (χ1) is 12.0. The number of aryl methyl sites for hydroxylation is 1. The highest BCUT2D eigenvalue weighted by molar-refractivity contribution is 6.31. The number of nitrogens with one attached hydrogen (secondary N) is 1. The Morgan fingerprint density at radius 2 is 2.28 bits per heavy atom.